The van der Waals surface area contributed by atoms with E-state index in [1.165, 1.54) is 0 Å². The van der Waals surface area contributed by atoms with Gasteiger partial charge in [0.25, 0.3) is 5.91 Å². The number of rotatable bonds is 9. The first kappa shape index (κ1) is 24.0. The van der Waals surface area contributed by atoms with Gasteiger partial charge in [-0.25, -0.2) is 4.57 Å². The number of imide groups is 1. The number of benzene rings is 1. The van der Waals surface area contributed by atoms with E-state index in [1.54, 1.807) is 24.3 Å². The van der Waals surface area contributed by atoms with Gasteiger partial charge in [-0.2, -0.15) is 0 Å². The first-order valence-electron chi connectivity index (χ1n) is 8.88. The average molecular weight is 466 g/mol. The molecule has 0 atom stereocenters. The van der Waals surface area contributed by atoms with Crippen molar-refractivity contribution in [3.05, 3.63) is 60.4 Å². The lowest BCUT2D eigenvalue weighted by Gasteiger charge is -2.08. The summed E-state index contributed by atoms with van der Waals surface area (Å²) in [6, 6.07) is 12.7. The number of unbranched alkanes of at least 4 members (excludes halogenated alkanes) is 1. The van der Waals surface area contributed by atoms with Crippen molar-refractivity contribution in [2.24, 2.45) is 5.73 Å². The van der Waals surface area contributed by atoms with Crippen molar-refractivity contribution >= 4 is 28.7 Å². The maximum atomic E-state index is 12.3. The highest BCUT2D eigenvalue weighted by Crippen LogP contribution is 2.25. The van der Waals surface area contributed by atoms with Gasteiger partial charge in [-0.05, 0) is 18.6 Å². The summed E-state index contributed by atoms with van der Waals surface area (Å²) in [4.78, 5) is 36.6. The lowest BCUT2D eigenvalue weighted by atomic mass is 10.2. The minimum absolute atomic E-state index is 0. The quantitative estimate of drug-likeness (QED) is 0.283. The molecule has 1 aromatic carbocycles. The monoisotopic (exact) mass is 465 g/mol. The third-order valence-corrected chi connectivity index (χ3v) is 4.81. The number of carbonyl (C=O) groups excluding carboxylic acids is 3. The molecule has 0 fully saturated rings. The summed E-state index contributed by atoms with van der Waals surface area (Å²) < 4.78 is 2.08. The van der Waals surface area contributed by atoms with Crippen LogP contribution in [0.25, 0.3) is 0 Å². The number of hydrogen-bond donors (Lipinski definition) is 2. The number of nitrogens with one attached hydrogen (secondary N) is 1. The molecule has 2 aromatic rings. The van der Waals surface area contributed by atoms with Gasteiger partial charge in [0.1, 0.15) is 6.54 Å². The van der Waals surface area contributed by atoms with Crippen LogP contribution in [-0.2, 0) is 16.1 Å². The fourth-order valence-corrected chi connectivity index (χ4v) is 3.36. The van der Waals surface area contributed by atoms with Crippen LogP contribution in [0.1, 0.15) is 36.0 Å². The third-order valence-electron chi connectivity index (χ3n) is 3.80. The van der Waals surface area contributed by atoms with Gasteiger partial charge >= 0.3 is 0 Å². The normalized spacial score (nSPS) is 10.0. The van der Waals surface area contributed by atoms with Gasteiger partial charge in [-0.3, -0.25) is 19.7 Å². The molecule has 150 valence electrons. The highest BCUT2D eigenvalue weighted by Gasteiger charge is 2.16. The summed E-state index contributed by atoms with van der Waals surface area (Å²) in [6.07, 6.45) is 6.18. The van der Waals surface area contributed by atoms with Crippen LogP contribution in [0.3, 0.4) is 0 Å². The highest BCUT2D eigenvalue weighted by molar-refractivity contribution is 8.13. The molecular weight excluding hydrogens is 442 g/mol. The van der Waals surface area contributed by atoms with Crippen molar-refractivity contribution in [2.45, 2.75) is 37.1 Å². The molecule has 0 saturated heterocycles. The standard InChI is InChI=1S/C20H23N3O3S.BrH/c21-12-11-18(24)22-20(26)16-8-2-3-9-17(16)27-19(25)10-4-7-15-23-13-5-1-6-14-23;/h1-3,5-6,8-9,13-14H,4,7,10-12,15,21H2;1H. The fourth-order valence-electron chi connectivity index (χ4n) is 2.45. The van der Waals surface area contributed by atoms with Crippen molar-refractivity contribution in [1.82, 2.24) is 5.32 Å². The van der Waals surface area contributed by atoms with Gasteiger partial charge < -0.3 is 22.7 Å². The van der Waals surface area contributed by atoms with Crippen molar-refractivity contribution in [3.8, 4) is 0 Å². The lowest BCUT2D eigenvalue weighted by molar-refractivity contribution is -0.697. The lowest BCUT2D eigenvalue weighted by Crippen LogP contribution is -3.00. The van der Waals surface area contributed by atoms with Crippen LogP contribution in [0.2, 0.25) is 0 Å². The first-order valence-corrected chi connectivity index (χ1v) is 9.70. The second kappa shape index (κ2) is 13.2. The van der Waals surface area contributed by atoms with Crippen LogP contribution < -0.4 is 32.6 Å². The topological polar surface area (TPSA) is 93.1 Å². The molecule has 0 aliphatic rings. The molecule has 28 heavy (non-hydrogen) atoms. The van der Waals surface area contributed by atoms with E-state index in [0.717, 1.165) is 31.1 Å². The van der Waals surface area contributed by atoms with Gasteiger partial charge in [0.2, 0.25) is 5.91 Å². The summed E-state index contributed by atoms with van der Waals surface area (Å²) in [5, 5.41) is 2.30. The number of hydrogen-bond acceptors (Lipinski definition) is 5. The number of halogens is 1. The van der Waals surface area contributed by atoms with E-state index in [0.29, 0.717) is 16.9 Å². The predicted molar refractivity (Wildman–Crippen MR) is 104 cm³/mol. The second-order valence-electron chi connectivity index (χ2n) is 5.96. The molecule has 0 aliphatic heterocycles. The summed E-state index contributed by atoms with van der Waals surface area (Å²) >= 11 is 1.04. The van der Waals surface area contributed by atoms with Gasteiger partial charge in [-0.15, -0.1) is 0 Å². The maximum absolute atomic E-state index is 12.3. The molecule has 0 unspecified atom stereocenters. The van der Waals surface area contributed by atoms with Crippen molar-refractivity contribution < 1.29 is 35.9 Å². The number of amides is 2. The van der Waals surface area contributed by atoms with Crippen LogP contribution in [0, 0.1) is 0 Å². The Morgan fingerprint density at radius 2 is 1.68 bits per heavy atom. The van der Waals surface area contributed by atoms with Gasteiger partial charge in [0.05, 0.1) is 5.56 Å². The SMILES string of the molecule is NCCC(=O)NC(=O)c1ccccc1SC(=O)CCCC[n+]1ccccc1.[Br-]. The van der Waals surface area contributed by atoms with E-state index in [4.69, 9.17) is 5.73 Å². The number of aryl methyl sites for hydroxylation is 1. The van der Waals surface area contributed by atoms with E-state index in [-0.39, 0.29) is 35.1 Å². The Morgan fingerprint density at radius 3 is 2.39 bits per heavy atom. The molecule has 0 saturated carbocycles. The van der Waals surface area contributed by atoms with Crippen LogP contribution in [0.5, 0.6) is 0 Å². The average Bonchev–Trinajstić information content (AvgIpc) is 2.66. The summed E-state index contributed by atoms with van der Waals surface area (Å²) in [6.45, 7) is 1.04. The Bertz CT molecular complexity index is 787. The smallest absolute Gasteiger partial charge is 0.258 e. The van der Waals surface area contributed by atoms with Crippen molar-refractivity contribution in [3.63, 3.8) is 0 Å². The number of thioether (sulfide) groups is 1. The summed E-state index contributed by atoms with van der Waals surface area (Å²) in [7, 11) is 0. The number of pyridine rings is 1. The molecule has 0 spiro atoms. The Kier molecular flexibility index (Phi) is 11.3. The largest absolute Gasteiger partial charge is 1.00 e. The Morgan fingerprint density at radius 1 is 0.964 bits per heavy atom. The molecule has 2 rings (SSSR count). The number of nitrogens with two attached hydrogens (primary N) is 1. The molecule has 0 aliphatic carbocycles. The molecule has 0 radical (unpaired) electrons. The maximum Gasteiger partial charge on any atom is 0.258 e. The molecule has 6 nitrogen and oxygen atoms in total. The molecular formula is C20H24BrN3O3S. The van der Waals surface area contributed by atoms with E-state index < -0.39 is 11.8 Å². The van der Waals surface area contributed by atoms with Crippen LogP contribution in [-0.4, -0.2) is 23.5 Å². The Hall–Kier alpha value is -2.03. The van der Waals surface area contributed by atoms with E-state index in [2.05, 4.69) is 9.88 Å². The molecule has 2 amide bonds. The van der Waals surface area contributed by atoms with Crippen LogP contribution >= 0.6 is 11.8 Å². The second-order valence-corrected chi connectivity index (χ2v) is 7.06. The van der Waals surface area contributed by atoms with Gasteiger partial charge in [0, 0.05) is 42.8 Å². The van der Waals surface area contributed by atoms with Crippen molar-refractivity contribution in [1.29, 1.82) is 0 Å². The Labute approximate surface area is 179 Å². The minimum atomic E-state index is -0.509. The first-order chi connectivity index (χ1) is 13.1. The zero-order valence-electron chi connectivity index (χ0n) is 15.5. The van der Waals surface area contributed by atoms with Gasteiger partial charge in [-0.1, -0.05) is 30.0 Å². The van der Waals surface area contributed by atoms with Gasteiger partial charge in [0.15, 0.2) is 17.5 Å². The predicted octanol–water partition coefficient (Wildman–Crippen LogP) is -0.927. The van der Waals surface area contributed by atoms with Crippen molar-refractivity contribution in [2.75, 3.05) is 6.54 Å². The molecule has 1 heterocycles. The molecule has 8 heteroatoms. The number of aromatic nitrogens is 1. The molecule has 3 N–H and O–H groups in total. The highest BCUT2D eigenvalue weighted by atomic mass is 79.9. The van der Waals surface area contributed by atoms with E-state index in [1.807, 2.05) is 30.6 Å². The fraction of sp³-hybridized carbons (Fsp3) is 0.300. The Balaban J connectivity index is 0.00000392. The number of carbonyl (C=O) groups is 3. The zero-order chi connectivity index (χ0) is 19.5. The summed E-state index contributed by atoms with van der Waals surface area (Å²) in [5.41, 5.74) is 5.63. The van der Waals surface area contributed by atoms with E-state index >= 15 is 0 Å². The zero-order valence-corrected chi connectivity index (χ0v) is 17.9. The van der Waals surface area contributed by atoms with Crippen LogP contribution in [0.15, 0.2) is 59.8 Å². The van der Waals surface area contributed by atoms with E-state index in [9.17, 15) is 14.4 Å². The number of nitrogens with zero attached hydrogens (tertiary/aromatic N) is 1. The minimum Gasteiger partial charge on any atom is -1.00 e. The van der Waals surface area contributed by atoms with Crippen LogP contribution in [0.4, 0.5) is 0 Å². The summed E-state index contributed by atoms with van der Waals surface area (Å²) in [5.74, 6) is -0.933. The molecule has 1 aromatic heterocycles. The molecule has 0 bridgehead atoms. The third kappa shape index (κ3) is 8.33.